The van der Waals surface area contributed by atoms with Crippen molar-refractivity contribution in [3.8, 4) is 6.07 Å². The van der Waals surface area contributed by atoms with Gasteiger partial charge in [-0.2, -0.15) is 10.4 Å². The minimum atomic E-state index is -1.13. The summed E-state index contributed by atoms with van der Waals surface area (Å²) < 4.78 is 11.8. The van der Waals surface area contributed by atoms with Crippen LogP contribution in [0.2, 0.25) is 25.7 Å². The van der Waals surface area contributed by atoms with Crippen molar-refractivity contribution >= 4 is 14.0 Å². The molecule has 1 rings (SSSR count). The molecule has 0 unspecified atom stereocenters. The van der Waals surface area contributed by atoms with E-state index in [2.05, 4.69) is 24.7 Å². The van der Waals surface area contributed by atoms with Crippen LogP contribution in [0.1, 0.15) is 23.0 Å². The van der Waals surface area contributed by atoms with Crippen LogP contribution in [-0.2, 0) is 16.2 Å². The first-order valence-corrected chi connectivity index (χ1v) is 10.3. The fourth-order valence-corrected chi connectivity index (χ4v) is 2.25. The lowest BCUT2D eigenvalue weighted by Crippen LogP contribution is -2.22. The van der Waals surface area contributed by atoms with E-state index in [1.165, 1.54) is 10.9 Å². The molecule has 0 aliphatic heterocycles. The van der Waals surface area contributed by atoms with E-state index in [0.29, 0.717) is 6.61 Å². The van der Waals surface area contributed by atoms with E-state index < -0.39 is 14.0 Å². The number of rotatable bonds is 7. The average Bonchev–Trinajstić information content (AvgIpc) is 2.76. The lowest BCUT2D eigenvalue weighted by molar-refractivity contribution is 0.0524. The molecule has 0 fully saturated rings. The first-order valence-electron chi connectivity index (χ1n) is 6.60. The Bertz CT molecular complexity index is 500. The number of aromatic nitrogens is 2. The van der Waals surface area contributed by atoms with Crippen molar-refractivity contribution in [2.75, 3.05) is 13.2 Å². The Kier molecular flexibility index (Phi) is 5.92. The van der Waals surface area contributed by atoms with Crippen molar-refractivity contribution in [2.45, 2.75) is 39.3 Å². The average molecular weight is 295 g/mol. The molecule has 0 atom stereocenters. The second kappa shape index (κ2) is 7.22. The molecule has 7 heteroatoms. The van der Waals surface area contributed by atoms with Gasteiger partial charge in [0.05, 0.1) is 12.8 Å². The third-order valence-corrected chi connectivity index (χ3v) is 4.35. The molecule has 0 saturated carbocycles. The highest BCUT2D eigenvalue weighted by Gasteiger charge is 2.18. The molecule has 110 valence electrons. The number of carbonyl (C=O) groups excluding carboxylic acids is 1. The first kappa shape index (κ1) is 16.4. The quantitative estimate of drug-likeness (QED) is 0.438. The smallest absolute Gasteiger partial charge is 0.342 e. The number of nitriles is 1. The Labute approximate surface area is 120 Å². The Balaban J connectivity index is 2.64. The van der Waals surface area contributed by atoms with Gasteiger partial charge in [0.25, 0.3) is 0 Å². The van der Waals surface area contributed by atoms with Crippen molar-refractivity contribution < 1.29 is 14.3 Å². The van der Waals surface area contributed by atoms with Crippen molar-refractivity contribution in [2.24, 2.45) is 0 Å². The number of esters is 1. The van der Waals surface area contributed by atoms with E-state index >= 15 is 0 Å². The standard InChI is InChI=1S/C13H21N3O3Si/c1-5-19-13(17)11-9-15-16(12(11)8-14)10-18-6-7-20(2,3)4/h9H,5-7,10H2,1-4H3. The first-order chi connectivity index (χ1) is 9.39. The lowest BCUT2D eigenvalue weighted by Gasteiger charge is -2.15. The molecule has 0 N–H and O–H groups in total. The molecule has 1 aromatic heterocycles. The highest BCUT2D eigenvalue weighted by Crippen LogP contribution is 2.11. The van der Waals surface area contributed by atoms with Crippen LogP contribution >= 0.6 is 0 Å². The van der Waals surface area contributed by atoms with Crippen LogP contribution in [0, 0.1) is 11.3 Å². The number of carbonyl (C=O) groups is 1. The molecule has 20 heavy (non-hydrogen) atoms. The van der Waals surface area contributed by atoms with Gasteiger partial charge in [0.1, 0.15) is 18.4 Å². The SMILES string of the molecule is CCOC(=O)c1cnn(COCC[Si](C)(C)C)c1C#N. The van der Waals surface area contributed by atoms with Crippen molar-refractivity contribution in [1.29, 1.82) is 5.26 Å². The van der Waals surface area contributed by atoms with Crippen LogP contribution in [0.15, 0.2) is 6.20 Å². The Hall–Kier alpha value is -1.65. The fourth-order valence-electron chi connectivity index (χ4n) is 1.49. The van der Waals surface area contributed by atoms with Crippen LogP contribution < -0.4 is 0 Å². The summed E-state index contributed by atoms with van der Waals surface area (Å²) in [4.78, 5) is 11.6. The molecular formula is C13H21N3O3Si. The van der Waals surface area contributed by atoms with Crippen molar-refractivity contribution in [3.63, 3.8) is 0 Å². The van der Waals surface area contributed by atoms with Gasteiger partial charge in [-0.3, -0.25) is 0 Å². The van der Waals surface area contributed by atoms with Gasteiger partial charge in [-0.05, 0) is 13.0 Å². The van der Waals surface area contributed by atoms with Crippen molar-refractivity contribution in [3.05, 3.63) is 17.5 Å². The summed E-state index contributed by atoms with van der Waals surface area (Å²) in [7, 11) is -1.13. The normalized spacial score (nSPS) is 11.2. The Morgan fingerprint density at radius 1 is 1.50 bits per heavy atom. The summed E-state index contributed by atoms with van der Waals surface area (Å²) in [6, 6.07) is 3.01. The zero-order valence-electron chi connectivity index (χ0n) is 12.5. The Morgan fingerprint density at radius 2 is 2.20 bits per heavy atom. The molecular weight excluding hydrogens is 274 g/mol. The predicted molar refractivity (Wildman–Crippen MR) is 77.0 cm³/mol. The van der Waals surface area contributed by atoms with Gasteiger partial charge in [0, 0.05) is 14.7 Å². The van der Waals surface area contributed by atoms with Gasteiger partial charge in [-0.25, -0.2) is 9.48 Å². The molecule has 0 aliphatic rings. The molecule has 0 aliphatic carbocycles. The number of ether oxygens (including phenoxy) is 2. The molecule has 0 amide bonds. The third kappa shape index (κ3) is 4.79. The summed E-state index contributed by atoms with van der Waals surface area (Å²) in [5.74, 6) is -0.530. The molecule has 1 aromatic rings. The van der Waals surface area contributed by atoms with E-state index in [1.807, 2.05) is 6.07 Å². The molecule has 6 nitrogen and oxygen atoms in total. The minimum Gasteiger partial charge on any atom is -0.462 e. The molecule has 0 spiro atoms. The van der Waals surface area contributed by atoms with Gasteiger partial charge in [0.15, 0.2) is 5.69 Å². The minimum absolute atomic E-state index is 0.173. The Morgan fingerprint density at radius 3 is 2.75 bits per heavy atom. The molecule has 0 saturated heterocycles. The number of hydrogen-bond donors (Lipinski definition) is 0. The van der Waals surface area contributed by atoms with E-state index in [1.54, 1.807) is 6.92 Å². The summed E-state index contributed by atoms with van der Waals surface area (Å²) >= 11 is 0. The highest BCUT2D eigenvalue weighted by atomic mass is 28.3. The fraction of sp³-hybridized carbons (Fsp3) is 0.615. The monoisotopic (exact) mass is 295 g/mol. The second-order valence-electron chi connectivity index (χ2n) is 5.59. The zero-order valence-corrected chi connectivity index (χ0v) is 13.5. The predicted octanol–water partition coefficient (Wildman–Crippen LogP) is 2.24. The second-order valence-corrected chi connectivity index (χ2v) is 11.2. The number of hydrogen-bond acceptors (Lipinski definition) is 5. The summed E-state index contributed by atoms with van der Waals surface area (Å²) in [5.41, 5.74) is 0.361. The zero-order chi connectivity index (χ0) is 15.2. The van der Waals surface area contributed by atoms with Gasteiger partial charge in [-0.15, -0.1) is 0 Å². The van der Waals surface area contributed by atoms with Gasteiger partial charge >= 0.3 is 5.97 Å². The molecule has 0 bridgehead atoms. The van der Waals surface area contributed by atoms with E-state index in [9.17, 15) is 4.79 Å². The van der Waals surface area contributed by atoms with Gasteiger partial charge in [0.2, 0.25) is 0 Å². The molecule has 0 radical (unpaired) electrons. The van der Waals surface area contributed by atoms with Crippen LogP contribution in [-0.4, -0.2) is 37.0 Å². The maximum absolute atomic E-state index is 11.6. The molecule has 0 aromatic carbocycles. The summed E-state index contributed by atoms with van der Waals surface area (Å²) in [6.45, 7) is 9.59. The van der Waals surface area contributed by atoms with E-state index in [4.69, 9.17) is 14.7 Å². The van der Waals surface area contributed by atoms with Gasteiger partial charge in [-0.1, -0.05) is 19.6 Å². The van der Waals surface area contributed by atoms with Crippen LogP contribution in [0.25, 0.3) is 0 Å². The van der Waals surface area contributed by atoms with E-state index in [-0.39, 0.29) is 24.6 Å². The number of nitrogens with zero attached hydrogens (tertiary/aromatic N) is 3. The summed E-state index contributed by atoms with van der Waals surface area (Å²) in [5, 5.41) is 13.1. The molecule has 1 heterocycles. The maximum atomic E-state index is 11.6. The topological polar surface area (TPSA) is 77.1 Å². The third-order valence-electron chi connectivity index (χ3n) is 2.65. The largest absolute Gasteiger partial charge is 0.462 e. The maximum Gasteiger partial charge on any atom is 0.342 e. The lowest BCUT2D eigenvalue weighted by atomic mass is 10.2. The van der Waals surface area contributed by atoms with Crippen LogP contribution in [0.5, 0.6) is 0 Å². The van der Waals surface area contributed by atoms with Gasteiger partial charge < -0.3 is 9.47 Å². The van der Waals surface area contributed by atoms with Crippen molar-refractivity contribution in [1.82, 2.24) is 9.78 Å². The highest BCUT2D eigenvalue weighted by molar-refractivity contribution is 6.76. The summed E-state index contributed by atoms with van der Waals surface area (Å²) in [6.07, 6.45) is 1.35. The van der Waals surface area contributed by atoms with E-state index in [0.717, 1.165) is 6.04 Å². The van der Waals surface area contributed by atoms with Crippen LogP contribution in [0.3, 0.4) is 0 Å². The van der Waals surface area contributed by atoms with Crippen LogP contribution in [0.4, 0.5) is 0 Å².